The van der Waals surface area contributed by atoms with Crippen LogP contribution in [0.3, 0.4) is 0 Å². The van der Waals surface area contributed by atoms with Crippen molar-refractivity contribution in [3.05, 3.63) is 29.8 Å². The molecule has 2 aliphatic rings. The van der Waals surface area contributed by atoms with Crippen LogP contribution in [0.2, 0.25) is 0 Å². The van der Waals surface area contributed by atoms with Crippen LogP contribution in [0, 0.1) is 0 Å². The quantitative estimate of drug-likeness (QED) is 0.893. The Kier molecular flexibility index (Phi) is 4.93. The van der Waals surface area contributed by atoms with Crippen LogP contribution in [0.15, 0.2) is 24.3 Å². The average Bonchev–Trinajstić information content (AvgIpc) is 3.03. The van der Waals surface area contributed by atoms with Crippen molar-refractivity contribution in [2.75, 3.05) is 31.1 Å². The van der Waals surface area contributed by atoms with Crippen LogP contribution in [0.5, 0.6) is 0 Å². The molecule has 2 aliphatic heterocycles. The van der Waals surface area contributed by atoms with Crippen molar-refractivity contribution in [1.82, 2.24) is 5.32 Å². The first-order valence-corrected chi connectivity index (χ1v) is 8.08. The molecule has 20 heavy (non-hydrogen) atoms. The molecule has 0 bridgehead atoms. The number of nitrogens with zero attached hydrogens (tertiary/aromatic N) is 1. The largest absolute Gasteiger partial charge is 0.377 e. The second kappa shape index (κ2) is 7.09. The maximum Gasteiger partial charge on any atom is 0.0699 e. The van der Waals surface area contributed by atoms with Crippen LogP contribution in [0.4, 0.5) is 5.69 Å². The fourth-order valence-electron chi connectivity index (χ4n) is 3.15. The molecule has 1 unspecified atom stereocenters. The van der Waals surface area contributed by atoms with Crippen LogP contribution in [0.25, 0.3) is 0 Å². The summed E-state index contributed by atoms with van der Waals surface area (Å²) in [5.41, 5.74) is 2.74. The fraction of sp³-hybridized carbons (Fsp3) is 0.647. The van der Waals surface area contributed by atoms with Gasteiger partial charge in [0, 0.05) is 38.5 Å². The van der Waals surface area contributed by atoms with Crippen LogP contribution < -0.4 is 10.2 Å². The van der Waals surface area contributed by atoms with Gasteiger partial charge < -0.3 is 15.0 Å². The molecule has 2 heterocycles. The number of hydrogen-bond donors (Lipinski definition) is 1. The van der Waals surface area contributed by atoms with Gasteiger partial charge >= 0.3 is 0 Å². The Balaban J connectivity index is 1.43. The van der Waals surface area contributed by atoms with Gasteiger partial charge in [0.15, 0.2) is 0 Å². The Morgan fingerprint density at radius 1 is 1.05 bits per heavy atom. The summed E-state index contributed by atoms with van der Waals surface area (Å²) >= 11 is 0. The molecule has 0 aromatic heterocycles. The van der Waals surface area contributed by atoms with Crippen LogP contribution in [0.1, 0.15) is 37.7 Å². The lowest BCUT2D eigenvalue weighted by molar-refractivity contribution is 0.0168. The standard InChI is InChI=1S/C17H26N2O/c1-4-12-20-17(5-1)14-18-13-15-6-8-16(9-7-15)19-10-2-3-11-19/h6-9,17-18H,1-5,10-14H2. The summed E-state index contributed by atoms with van der Waals surface area (Å²) in [6, 6.07) is 9.03. The monoisotopic (exact) mass is 274 g/mol. The second-order valence-electron chi connectivity index (χ2n) is 5.98. The van der Waals surface area contributed by atoms with Gasteiger partial charge in [0.1, 0.15) is 0 Å². The summed E-state index contributed by atoms with van der Waals surface area (Å²) in [6.07, 6.45) is 6.86. The number of nitrogens with one attached hydrogen (secondary N) is 1. The van der Waals surface area contributed by atoms with E-state index < -0.39 is 0 Å². The Labute approximate surface area is 122 Å². The number of rotatable bonds is 5. The fourth-order valence-corrected chi connectivity index (χ4v) is 3.15. The molecule has 0 radical (unpaired) electrons. The summed E-state index contributed by atoms with van der Waals surface area (Å²) in [4.78, 5) is 2.48. The molecule has 0 saturated carbocycles. The van der Waals surface area contributed by atoms with Gasteiger partial charge in [-0.25, -0.2) is 0 Å². The molecule has 110 valence electrons. The molecule has 0 amide bonds. The maximum absolute atomic E-state index is 5.73. The van der Waals surface area contributed by atoms with E-state index in [9.17, 15) is 0 Å². The molecule has 3 nitrogen and oxygen atoms in total. The van der Waals surface area contributed by atoms with E-state index in [0.717, 1.165) is 19.7 Å². The van der Waals surface area contributed by atoms with Gasteiger partial charge in [-0.1, -0.05) is 12.1 Å². The lowest BCUT2D eigenvalue weighted by atomic mass is 10.1. The molecule has 0 aliphatic carbocycles. The molecule has 3 rings (SSSR count). The zero-order chi connectivity index (χ0) is 13.6. The molecular weight excluding hydrogens is 248 g/mol. The Morgan fingerprint density at radius 3 is 2.55 bits per heavy atom. The first-order valence-electron chi connectivity index (χ1n) is 8.08. The number of hydrogen-bond acceptors (Lipinski definition) is 3. The van der Waals surface area contributed by atoms with Crippen molar-refractivity contribution >= 4 is 5.69 Å². The first kappa shape index (κ1) is 13.9. The Bertz CT molecular complexity index is 392. The third-order valence-electron chi connectivity index (χ3n) is 4.38. The van der Waals surface area contributed by atoms with Crippen molar-refractivity contribution in [1.29, 1.82) is 0 Å². The Hall–Kier alpha value is -1.06. The molecule has 1 N–H and O–H groups in total. The van der Waals surface area contributed by atoms with Gasteiger partial charge in [-0.05, 0) is 49.8 Å². The van der Waals surface area contributed by atoms with E-state index in [4.69, 9.17) is 4.74 Å². The van der Waals surface area contributed by atoms with Gasteiger partial charge in [-0.2, -0.15) is 0 Å². The molecule has 2 fully saturated rings. The van der Waals surface area contributed by atoms with Gasteiger partial charge in [0.2, 0.25) is 0 Å². The van der Waals surface area contributed by atoms with E-state index >= 15 is 0 Å². The third-order valence-corrected chi connectivity index (χ3v) is 4.38. The SMILES string of the molecule is c1cc(N2CCCC2)ccc1CNCC1CCCCO1. The highest BCUT2D eigenvalue weighted by atomic mass is 16.5. The highest BCUT2D eigenvalue weighted by molar-refractivity contribution is 5.48. The maximum atomic E-state index is 5.73. The van der Waals surface area contributed by atoms with Crippen molar-refractivity contribution in [3.63, 3.8) is 0 Å². The van der Waals surface area contributed by atoms with Crippen LogP contribution in [-0.2, 0) is 11.3 Å². The van der Waals surface area contributed by atoms with E-state index in [1.54, 1.807) is 0 Å². The van der Waals surface area contributed by atoms with Gasteiger partial charge in [-0.3, -0.25) is 0 Å². The summed E-state index contributed by atoms with van der Waals surface area (Å²) in [6.45, 7) is 5.30. The molecule has 1 atom stereocenters. The van der Waals surface area contributed by atoms with E-state index in [0.29, 0.717) is 6.10 Å². The topological polar surface area (TPSA) is 24.5 Å². The van der Waals surface area contributed by atoms with E-state index in [1.807, 2.05) is 0 Å². The molecule has 2 saturated heterocycles. The van der Waals surface area contributed by atoms with Gasteiger partial charge in [-0.15, -0.1) is 0 Å². The van der Waals surface area contributed by atoms with E-state index in [-0.39, 0.29) is 0 Å². The normalized spacial score (nSPS) is 23.2. The summed E-state index contributed by atoms with van der Waals surface area (Å²) < 4.78 is 5.73. The highest BCUT2D eigenvalue weighted by Gasteiger charge is 2.13. The lowest BCUT2D eigenvalue weighted by Gasteiger charge is -2.23. The minimum Gasteiger partial charge on any atom is -0.377 e. The predicted molar refractivity (Wildman–Crippen MR) is 83.2 cm³/mol. The van der Waals surface area contributed by atoms with Crippen molar-refractivity contribution < 1.29 is 4.74 Å². The Morgan fingerprint density at radius 2 is 1.85 bits per heavy atom. The van der Waals surface area contributed by atoms with E-state index in [2.05, 4.69) is 34.5 Å². The average molecular weight is 274 g/mol. The van der Waals surface area contributed by atoms with Crippen molar-refractivity contribution in [2.24, 2.45) is 0 Å². The third kappa shape index (κ3) is 3.74. The van der Waals surface area contributed by atoms with E-state index in [1.165, 1.54) is 56.4 Å². The lowest BCUT2D eigenvalue weighted by Crippen LogP contribution is -2.31. The summed E-state index contributed by atoms with van der Waals surface area (Å²) in [5.74, 6) is 0. The smallest absolute Gasteiger partial charge is 0.0699 e. The molecular formula is C17H26N2O. The van der Waals surface area contributed by atoms with Crippen LogP contribution in [-0.4, -0.2) is 32.3 Å². The minimum atomic E-state index is 0.424. The highest BCUT2D eigenvalue weighted by Crippen LogP contribution is 2.20. The van der Waals surface area contributed by atoms with Gasteiger partial charge in [0.25, 0.3) is 0 Å². The summed E-state index contributed by atoms with van der Waals surface area (Å²) in [5, 5.41) is 3.52. The second-order valence-corrected chi connectivity index (χ2v) is 5.98. The molecule has 0 spiro atoms. The predicted octanol–water partition coefficient (Wildman–Crippen LogP) is 2.95. The first-order chi connectivity index (χ1) is 9.92. The van der Waals surface area contributed by atoms with Crippen molar-refractivity contribution in [2.45, 2.75) is 44.8 Å². The molecule has 1 aromatic carbocycles. The zero-order valence-electron chi connectivity index (χ0n) is 12.3. The summed E-state index contributed by atoms with van der Waals surface area (Å²) in [7, 11) is 0. The number of ether oxygens (including phenoxy) is 1. The number of benzene rings is 1. The van der Waals surface area contributed by atoms with Crippen LogP contribution >= 0.6 is 0 Å². The number of anilines is 1. The zero-order valence-corrected chi connectivity index (χ0v) is 12.3. The van der Waals surface area contributed by atoms with Crippen molar-refractivity contribution in [3.8, 4) is 0 Å². The minimum absolute atomic E-state index is 0.424. The molecule has 3 heteroatoms. The van der Waals surface area contributed by atoms with Gasteiger partial charge in [0.05, 0.1) is 6.10 Å². The molecule has 1 aromatic rings.